The van der Waals surface area contributed by atoms with Gasteiger partial charge in [0, 0.05) is 17.1 Å². The summed E-state index contributed by atoms with van der Waals surface area (Å²) < 4.78 is 21.5. The molecule has 27 heavy (non-hydrogen) atoms. The Morgan fingerprint density at radius 1 is 1.11 bits per heavy atom. The Kier molecular flexibility index (Phi) is 4.80. The number of carbonyl (C=O) groups excluding carboxylic acids is 1. The van der Waals surface area contributed by atoms with E-state index in [1.54, 1.807) is 29.0 Å². The number of thiazole rings is 1. The van der Waals surface area contributed by atoms with Crippen LogP contribution in [0.2, 0.25) is 0 Å². The molecule has 0 bridgehead atoms. The number of halogens is 1. The minimum Gasteiger partial charge on any atom is -0.488 e. The van der Waals surface area contributed by atoms with E-state index in [1.165, 1.54) is 23.5 Å². The zero-order valence-corrected chi connectivity index (χ0v) is 15.0. The largest absolute Gasteiger partial charge is 0.488 e. The molecule has 0 saturated carbocycles. The number of ether oxygens (including phenoxy) is 1. The lowest BCUT2D eigenvalue weighted by Crippen LogP contribution is -1.98. The van der Waals surface area contributed by atoms with Crippen molar-refractivity contribution in [2.24, 2.45) is 0 Å². The maximum Gasteiger partial charge on any atom is 0.194 e. The van der Waals surface area contributed by atoms with Crippen LogP contribution in [-0.2, 0) is 6.61 Å². The van der Waals surface area contributed by atoms with Gasteiger partial charge in [-0.3, -0.25) is 9.36 Å². The van der Waals surface area contributed by atoms with Gasteiger partial charge in [0.1, 0.15) is 18.2 Å². The van der Waals surface area contributed by atoms with E-state index in [0.717, 1.165) is 11.8 Å². The lowest BCUT2D eigenvalue weighted by atomic mass is 10.1. The number of rotatable bonds is 6. The number of aromatic nitrogens is 2. The molecule has 6 heteroatoms. The number of hydrogen-bond acceptors (Lipinski definition) is 4. The molecule has 0 radical (unpaired) electrons. The van der Waals surface area contributed by atoms with Crippen LogP contribution >= 0.6 is 11.3 Å². The van der Waals surface area contributed by atoms with E-state index in [0.29, 0.717) is 34.4 Å². The summed E-state index contributed by atoms with van der Waals surface area (Å²) >= 11 is 1.38. The summed E-state index contributed by atoms with van der Waals surface area (Å²) in [7, 11) is 0. The van der Waals surface area contributed by atoms with Crippen LogP contribution < -0.4 is 4.74 Å². The number of carbonyl (C=O) groups is 1. The normalized spacial score (nSPS) is 10.7. The van der Waals surface area contributed by atoms with Gasteiger partial charge in [0.05, 0.1) is 11.4 Å². The van der Waals surface area contributed by atoms with Crippen molar-refractivity contribution in [3.63, 3.8) is 0 Å². The second kappa shape index (κ2) is 7.55. The standard InChI is InChI=1S/C21H15FN2O2S/c22-16-8-9-20(26-13-15-5-2-1-3-6-15)18(11-16)19-14-27-21(23-19)24-10-4-7-17(24)12-25/h1-12,14H,13H2. The van der Waals surface area contributed by atoms with Crippen molar-refractivity contribution in [2.45, 2.75) is 6.61 Å². The molecular formula is C21H15FN2O2S. The van der Waals surface area contributed by atoms with Crippen LogP contribution in [0, 0.1) is 5.82 Å². The SMILES string of the molecule is O=Cc1cccn1-c1nc(-c2cc(F)ccc2OCc2ccccc2)cs1. The molecule has 4 nitrogen and oxygen atoms in total. The van der Waals surface area contributed by atoms with Crippen LogP contribution in [0.25, 0.3) is 16.4 Å². The Morgan fingerprint density at radius 2 is 1.96 bits per heavy atom. The van der Waals surface area contributed by atoms with Gasteiger partial charge >= 0.3 is 0 Å². The van der Waals surface area contributed by atoms with Crippen molar-refractivity contribution in [1.82, 2.24) is 9.55 Å². The minimum atomic E-state index is -0.360. The van der Waals surface area contributed by atoms with Crippen molar-refractivity contribution in [1.29, 1.82) is 0 Å². The Morgan fingerprint density at radius 3 is 2.78 bits per heavy atom. The third kappa shape index (κ3) is 3.66. The number of hydrogen-bond donors (Lipinski definition) is 0. The van der Waals surface area contributed by atoms with Crippen LogP contribution in [-0.4, -0.2) is 15.8 Å². The van der Waals surface area contributed by atoms with Gasteiger partial charge in [0.2, 0.25) is 0 Å². The Hall–Kier alpha value is -3.25. The molecule has 2 aromatic carbocycles. The highest BCUT2D eigenvalue weighted by molar-refractivity contribution is 7.12. The fourth-order valence-corrected chi connectivity index (χ4v) is 3.55. The molecule has 0 amide bonds. The summed E-state index contributed by atoms with van der Waals surface area (Å²) in [4.78, 5) is 15.7. The van der Waals surface area contributed by atoms with Gasteiger partial charge in [-0.05, 0) is 35.9 Å². The predicted molar refractivity (Wildman–Crippen MR) is 103 cm³/mol. The molecule has 2 aromatic heterocycles. The summed E-state index contributed by atoms with van der Waals surface area (Å²) in [5, 5.41) is 2.46. The van der Waals surface area contributed by atoms with E-state index in [1.807, 2.05) is 35.7 Å². The highest BCUT2D eigenvalue weighted by Crippen LogP contribution is 2.33. The number of benzene rings is 2. The molecule has 134 valence electrons. The Labute approximate surface area is 159 Å². The summed E-state index contributed by atoms with van der Waals surface area (Å²) in [6.45, 7) is 0.378. The Bertz CT molecular complexity index is 1070. The van der Waals surface area contributed by atoms with Gasteiger partial charge in [-0.1, -0.05) is 30.3 Å². The van der Waals surface area contributed by atoms with Crippen molar-refractivity contribution >= 4 is 17.6 Å². The molecule has 4 aromatic rings. The minimum absolute atomic E-state index is 0.360. The number of aldehydes is 1. The first-order chi connectivity index (χ1) is 13.2. The third-order valence-electron chi connectivity index (χ3n) is 4.05. The smallest absolute Gasteiger partial charge is 0.194 e. The van der Waals surface area contributed by atoms with Crippen LogP contribution in [0.3, 0.4) is 0 Å². The maximum absolute atomic E-state index is 13.9. The van der Waals surface area contributed by atoms with Crippen LogP contribution in [0.15, 0.2) is 72.2 Å². The van der Waals surface area contributed by atoms with Gasteiger partial charge < -0.3 is 4.74 Å². The third-order valence-corrected chi connectivity index (χ3v) is 4.89. The molecule has 0 aliphatic heterocycles. The van der Waals surface area contributed by atoms with Crippen molar-refractivity contribution in [3.05, 3.63) is 89.3 Å². The van der Waals surface area contributed by atoms with Gasteiger partial charge in [-0.15, -0.1) is 11.3 Å². The highest BCUT2D eigenvalue weighted by atomic mass is 32.1. The summed E-state index contributed by atoms with van der Waals surface area (Å²) in [5.41, 5.74) is 2.71. The number of nitrogens with zero attached hydrogens (tertiary/aromatic N) is 2. The lowest BCUT2D eigenvalue weighted by Gasteiger charge is -2.10. The van der Waals surface area contributed by atoms with Gasteiger partial charge in [-0.2, -0.15) is 0 Å². The molecule has 4 rings (SSSR count). The predicted octanol–water partition coefficient (Wildman–Crippen LogP) is 5.13. The zero-order valence-electron chi connectivity index (χ0n) is 14.2. The monoisotopic (exact) mass is 378 g/mol. The van der Waals surface area contributed by atoms with Crippen molar-refractivity contribution in [3.8, 4) is 22.1 Å². The molecular weight excluding hydrogens is 363 g/mol. The van der Waals surface area contributed by atoms with Crippen LogP contribution in [0.4, 0.5) is 4.39 Å². The lowest BCUT2D eigenvalue weighted by molar-refractivity contribution is 0.111. The topological polar surface area (TPSA) is 44.1 Å². The van der Waals surface area contributed by atoms with E-state index in [2.05, 4.69) is 4.98 Å². The van der Waals surface area contributed by atoms with Crippen LogP contribution in [0.1, 0.15) is 16.1 Å². The van der Waals surface area contributed by atoms with Crippen molar-refractivity contribution < 1.29 is 13.9 Å². The first-order valence-electron chi connectivity index (χ1n) is 8.29. The molecule has 0 spiro atoms. The van der Waals surface area contributed by atoms with E-state index in [4.69, 9.17) is 4.74 Å². The van der Waals surface area contributed by atoms with E-state index < -0.39 is 0 Å². The van der Waals surface area contributed by atoms with Gasteiger partial charge in [-0.25, -0.2) is 9.37 Å². The highest BCUT2D eigenvalue weighted by Gasteiger charge is 2.14. The fourth-order valence-electron chi connectivity index (χ4n) is 2.73. The van der Waals surface area contributed by atoms with Gasteiger partial charge in [0.15, 0.2) is 11.4 Å². The zero-order chi connectivity index (χ0) is 18.6. The molecule has 0 aliphatic rings. The van der Waals surface area contributed by atoms with E-state index >= 15 is 0 Å². The molecule has 0 aliphatic carbocycles. The second-order valence-corrected chi connectivity index (χ2v) is 6.69. The average Bonchev–Trinajstić information content (AvgIpc) is 3.36. The second-order valence-electron chi connectivity index (χ2n) is 5.85. The molecule has 0 saturated heterocycles. The Balaban J connectivity index is 1.65. The molecule has 0 fully saturated rings. The fraction of sp³-hybridized carbons (Fsp3) is 0.0476. The van der Waals surface area contributed by atoms with Gasteiger partial charge in [0.25, 0.3) is 0 Å². The first kappa shape index (κ1) is 17.2. The summed E-state index contributed by atoms with van der Waals surface area (Å²) in [6.07, 6.45) is 2.54. The molecule has 2 heterocycles. The molecule has 0 N–H and O–H groups in total. The molecule has 0 atom stereocenters. The first-order valence-corrected chi connectivity index (χ1v) is 9.17. The van der Waals surface area contributed by atoms with E-state index in [9.17, 15) is 9.18 Å². The van der Waals surface area contributed by atoms with Crippen LogP contribution in [0.5, 0.6) is 5.75 Å². The summed E-state index contributed by atoms with van der Waals surface area (Å²) in [6, 6.07) is 17.7. The van der Waals surface area contributed by atoms with E-state index in [-0.39, 0.29) is 5.82 Å². The summed E-state index contributed by atoms with van der Waals surface area (Å²) in [5.74, 6) is 0.196. The van der Waals surface area contributed by atoms with Crippen molar-refractivity contribution in [2.75, 3.05) is 0 Å². The quantitative estimate of drug-likeness (QED) is 0.437. The average molecular weight is 378 g/mol. The maximum atomic E-state index is 13.9. The molecule has 0 unspecified atom stereocenters.